The summed E-state index contributed by atoms with van der Waals surface area (Å²) in [6.07, 6.45) is 5.79. The van der Waals surface area contributed by atoms with Crippen LogP contribution in [0, 0.1) is 11.8 Å². The van der Waals surface area contributed by atoms with E-state index in [1.165, 1.54) is 19.3 Å². The van der Waals surface area contributed by atoms with E-state index >= 15 is 0 Å². The van der Waals surface area contributed by atoms with Crippen molar-refractivity contribution in [3.05, 3.63) is 0 Å². The molecule has 3 N–H and O–H groups in total. The van der Waals surface area contributed by atoms with E-state index in [9.17, 15) is 5.11 Å². The van der Waals surface area contributed by atoms with Crippen molar-refractivity contribution in [2.45, 2.75) is 44.2 Å². The summed E-state index contributed by atoms with van der Waals surface area (Å²) in [6.45, 7) is 0. The van der Waals surface area contributed by atoms with Crippen molar-refractivity contribution in [3.8, 4) is 0 Å². The van der Waals surface area contributed by atoms with Gasteiger partial charge in [-0.2, -0.15) is 0 Å². The van der Waals surface area contributed by atoms with E-state index in [0.29, 0.717) is 17.9 Å². The Balaban J connectivity index is 2.07. The maximum atomic E-state index is 9.75. The van der Waals surface area contributed by atoms with Gasteiger partial charge < -0.3 is 10.8 Å². The number of fused-ring (bicyclic) bond motifs is 2. The number of hydrogen-bond donors (Lipinski definition) is 2. The Kier molecular flexibility index (Phi) is 1.90. The molecule has 2 saturated carbocycles. The molecule has 0 spiro atoms. The van der Waals surface area contributed by atoms with Gasteiger partial charge in [-0.3, -0.25) is 0 Å². The summed E-state index contributed by atoms with van der Waals surface area (Å²) in [5.74, 6) is 1.05. The van der Waals surface area contributed by atoms with Crippen LogP contribution in [0.15, 0.2) is 0 Å². The molecule has 2 aliphatic carbocycles. The van der Waals surface area contributed by atoms with Gasteiger partial charge in [0.1, 0.15) is 0 Å². The number of aliphatic hydroxyl groups is 1. The minimum atomic E-state index is -0.0245. The van der Waals surface area contributed by atoms with Gasteiger partial charge in [-0.25, -0.2) is 0 Å². The molecule has 2 bridgehead atoms. The summed E-state index contributed by atoms with van der Waals surface area (Å²) in [5, 5.41) is 9.75. The summed E-state index contributed by atoms with van der Waals surface area (Å²) < 4.78 is 0. The first-order chi connectivity index (χ1) is 5.27. The van der Waals surface area contributed by atoms with E-state index in [0.717, 1.165) is 12.8 Å². The second kappa shape index (κ2) is 2.76. The van der Waals surface area contributed by atoms with Crippen LogP contribution >= 0.6 is 0 Å². The van der Waals surface area contributed by atoms with Gasteiger partial charge in [0, 0.05) is 6.04 Å². The number of aliphatic hydroxyl groups excluding tert-OH is 1. The summed E-state index contributed by atoms with van der Waals surface area (Å²) in [7, 11) is 0. The summed E-state index contributed by atoms with van der Waals surface area (Å²) >= 11 is 0. The lowest BCUT2D eigenvalue weighted by molar-refractivity contribution is -0.0202. The Morgan fingerprint density at radius 1 is 1.09 bits per heavy atom. The van der Waals surface area contributed by atoms with E-state index in [1.807, 2.05) is 0 Å². The summed E-state index contributed by atoms with van der Waals surface area (Å²) in [4.78, 5) is 0. The van der Waals surface area contributed by atoms with Crippen molar-refractivity contribution >= 4 is 0 Å². The Morgan fingerprint density at radius 2 is 1.64 bits per heavy atom. The third-order valence-electron chi connectivity index (χ3n) is 3.33. The van der Waals surface area contributed by atoms with Gasteiger partial charge in [0.15, 0.2) is 0 Å². The smallest absolute Gasteiger partial charge is 0.0597 e. The van der Waals surface area contributed by atoms with Gasteiger partial charge >= 0.3 is 0 Å². The van der Waals surface area contributed by atoms with E-state index in [2.05, 4.69) is 0 Å². The molecule has 0 aromatic carbocycles. The molecule has 0 radical (unpaired) electrons. The summed E-state index contributed by atoms with van der Waals surface area (Å²) in [5.41, 5.74) is 5.88. The molecule has 0 aromatic rings. The van der Waals surface area contributed by atoms with Crippen molar-refractivity contribution < 1.29 is 5.11 Å². The first-order valence-electron chi connectivity index (χ1n) is 4.71. The fourth-order valence-corrected chi connectivity index (χ4v) is 2.76. The minimum Gasteiger partial charge on any atom is -0.393 e. The van der Waals surface area contributed by atoms with Crippen LogP contribution in [0.4, 0.5) is 0 Å². The molecule has 0 aliphatic heterocycles. The molecular weight excluding hydrogens is 138 g/mol. The molecule has 4 atom stereocenters. The first kappa shape index (κ1) is 7.56. The second-order valence-corrected chi connectivity index (χ2v) is 4.17. The highest BCUT2D eigenvalue weighted by atomic mass is 16.3. The molecule has 2 heteroatoms. The maximum Gasteiger partial charge on any atom is 0.0597 e. The normalized spacial score (nSPS) is 50.7. The number of nitrogens with two attached hydrogens (primary N) is 1. The van der Waals surface area contributed by atoms with Crippen molar-refractivity contribution in [2.75, 3.05) is 0 Å². The number of hydrogen-bond acceptors (Lipinski definition) is 2. The molecule has 64 valence electrons. The van der Waals surface area contributed by atoms with E-state index < -0.39 is 0 Å². The SMILES string of the molecule is N[C@@H]1C[C@H]2CCC[C@@H](C1)C2O. The van der Waals surface area contributed by atoms with E-state index in [1.54, 1.807) is 0 Å². The predicted octanol–water partition coefficient (Wildman–Crippen LogP) is 0.885. The van der Waals surface area contributed by atoms with Crippen LogP contribution in [0.2, 0.25) is 0 Å². The van der Waals surface area contributed by atoms with Gasteiger partial charge in [0.05, 0.1) is 6.10 Å². The van der Waals surface area contributed by atoms with Crippen molar-refractivity contribution in [2.24, 2.45) is 17.6 Å². The Hall–Kier alpha value is -0.0800. The van der Waals surface area contributed by atoms with Gasteiger partial charge in [0.25, 0.3) is 0 Å². The molecule has 0 saturated heterocycles. The van der Waals surface area contributed by atoms with Gasteiger partial charge in [0.2, 0.25) is 0 Å². The fourth-order valence-electron chi connectivity index (χ4n) is 2.76. The molecule has 2 rings (SSSR count). The maximum absolute atomic E-state index is 9.75. The third kappa shape index (κ3) is 1.30. The topological polar surface area (TPSA) is 46.2 Å². The molecule has 2 aliphatic rings. The Labute approximate surface area is 67.8 Å². The zero-order valence-corrected chi connectivity index (χ0v) is 6.87. The standard InChI is InChI=1S/C9H17NO/c10-8-4-6-2-1-3-7(5-8)9(6)11/h6-9,11H,1-5,10H2/t6-,7+,8-,9?. The van der Waals surface area contributed by atoms with Crippen molar-refractivity contribution in [3.63, 3.8) is 0 Å². The van der Waals surface area contributed by atoms with Crippen LogP contribution in [0.1, 0.15) is 32.1 Å². The molecule has 0 aromatic heterocycles. The average Bonchev–Trinajstić information content (AvgIpc) is 1.92. The molecule has 2 nitrogen and oxygen atoms in total. The van der Waals surface area contributed by atoms with Crippen LogP contribution in [0.5, 0.6) is 0 Å². The third-order valence-corrected chi connectivity index (χ3v) is 3.33. The van der Waals surface area contributed by atoms with Crippen LogP contribution in [0.3, 0.4) is 0 Å². The van der Waals surface area contributed by atoms with E-state index in [-0.39, 0.29) is 6.10 Å². The highest BCUT2D eigenvalue weighted by molar-refractivity contribution is 4.90. The predicted molar refractivity (Wildman–Crippen MR) is 44.0 cm³/mol. The zero-order chi connectivity index (χ0) is 7.84. The molecule has 1 unspecified atom stereocenters. The molecule has 0 heterocycles. The van der Waals surface area contributed by atoms with E-state index in [4.69, 9.17) is 5.73 Å². The number of rotatable bonds is 0. The monoisotopic (exact) mass is 155 g/mol. The molecular formula is C9H17NO. The molecule has 11 heavy (non-hydrogen) atoms. The lowest BCUT2D eigenvalue weighted by atomic mass is 9.68. The second-order valence-electron chi connectivity index (χ2n) is 4.17. The van der Waals surface area contributed by atoms with Gasteiger partial charge in [-0.15, -0.1) is 0 Å². The van der Waals surface area contributed by atoms with Gasteiger partial charge in [-0.05, 0) is 37.5 Å². The molecule has 2 fully saturated rings. The van der Waals surface area contributed by atoms with Crippen LogP contribution in [0.25, 0.3) is 0 Å². The van der Waals surface area contributed by atoms with Crippen molar-refractivity contribution in [1.82, 2.24) is 0 Å². The lowest BCUT2D eigenvalue weighted by Crippen LogP contribution is -2.45. The van der Waals surface area contributed by atoms with Crippen LogP contribution in [-0.4, -0.2) is 17.3 Å². The summed E-state index contributed by atoms with van der Waals surface area (Å²) in [6, 6.07) is 0.369. The minimum absolute atomic E-state index is 0.0245. The quantitative estimate of drug-likeness (QED) is 0.545. The molecule has 0 amide bonds. The Morgan fingerprint density at radius 3 is 2.18 bits per heavy atom. The van der Waals surface area contributed by atoms with Crippen molar-refractivity contribution in [1.29, 1.82) is 0 Å². The highest BCUT2D eigenvalue weighted by Crippen LogP contribution is 2.39. The highest BCUT2D eigenvalue weighted by Gasteiger charge is 2.37. The largest absolute Gasteiger partial charge is 0.393 e. The first-order valence-corrected chi connectivity index (χ1v) is 4.71. The zero-order valence-electron chi connectivity index (χ0n) is 6.87. The van der Waals surface area contributed by atoms with Crippen LogP contribution in [-0.2, 0) is 0 Å². The van der Waals surface area contributed by atoms with Gasteiger partial charge in [-0.1, -0.05) is 6.42 Å². The average molecular weight is 155 g/mol. The Bertz CT molecular complexity index is 134. The fraction of sp³-hybridized carbons (Fsp3) is 1.00. The van der Waals surface area contributed by atoms with Crippen LogP contribution < -0.4 is 5.73 Å². The lowest BCUT2D eigenvalue weighted by Gasteiger charge is -2.42.